The maximum absolute atomic E-state index is 13.6. The summed E-state index contributed by atoms with van der Waals surface area (Å²) in [5, 5.41) is 7.43. The molecule has 6 nitrogen and oxygen atoms in total. The average Bonchev–Trinajstić information content (AvgIpc) is 3.12. The second-order valence-electron chi connectivity index (χ2n) is 5.79. The molecule has 0 aliphatic heterocycles. The minimum absolute atomic E-state index is 0.115. The lowest BCUT2D eigenvalue weighted by molar-refractivity contribution is -0.274. The molecular formula is C18H12F5N3O3. The Kier molecular flexibility index (Phi) is 5.48. The molecule has 0 amide bonds. The average molecular weight is 413 g/mol. The quantitative estimate of drug-likeness (QED) is 0.450. The number of Topliss-reactive ketones (excluding diaryl/α,β-unsaturated/α-hetero) is 1. The Morgan fingerprint density at radius 2 is 1.79 bits per heavy atom. The third-order valence-corrected chi connectivity index (χ3v) is 3.65. The molecule has 0 radical (unpaired) electrons. The van der Waals surface area contributed by atoms with Crippen molar-refractivity contribution in [3.63, 3.8) is 0 Å². The first kappa shape index (κ1) is 20.2. The second-order valence-corrected chi connectivity index (χ2v) is 5.79. The van der Waals surface area contributed by atoms with E-state index in [2.05, 4.69) is 15.0 Å². The smallest absolute Gasteiger partial charge is 0.479 e. The van der Waals surface area contributed by atoms with Crippen LogP contribution in [-0.2, 0) is 0 Å². The van der Waals surface area contributed by atoms with E-state index in [0.29, 0.717) is 11.8 Å². The molecule has 0 aliphatic carbocycles. The minimum atomic E-state index is -4.81. The minimum Gasteiger partial charge on any atom is -0.479 e. The van der Waals surface area contributed by atoms with Gasteiger partial charge in [0.1, 0.15) is 11.6 Å². The van der Waals surface area contributed by atoms with Crippen LogP contribution in [0.25, 0.3) is 5.69 Å². The Balaban J connectivity index is 1.70. The molecule has 0 saturated heterocycles. The van der Waals surface area contributed by atoms with Gasteiger partial charge in [-0.3, -0.25) is 4.79 Å². The molecule has 0 unspecified atom stereocenters. The van der Waals surface area contributed by atoms with Crippen molar-refractivity contribution in [2.75, 3.05) is 0 Å². The fourth-order valence-corrected chi connectivity index (χ4v) is 2.33. The van der Waals surface area contributed by atoms with Gasteiger partial charge in [-0.1, -0.05) is 5.21 Å². The van der Waals surface area contributed by atoms with Crippen LogP contribution in [0.2, 0.25) is 0 Å². The lowest BCUT2D eigenvalue weighted by Gasteiger charge is -2.12. The molecule has 11 heteroatoms. The van der Waals surface area contributed by atoms with E-state index in [4.69, 9.17) is 4.74 Å². The third-order valence-electron chi connectivity index (χ3n) is 3.65. The highest BCUT2D eigenvalue weighted by atomic mass is 19.4. The van der Waals surface area contributed by atoms with Crippen LogP contribution in [0.4, 0.5) is 22.0 Å². The molecular weight excluding hydrogens is 401 g/mol. The summed E-state index contributed by atoms with van der Waals surface area (Å²) in [7, 11) is 0. The number of aromatic nitrogens is 3. The first-order valence-corrected chi connectivity index (χ1v) is 8.07. The third kappa shape index (κ3) is 5.06. The van der Waals surface area contributed by atoms with Gasteiger partial charge in [-0.05, 0) is 43.3 Å². The number of halogens is 5. The number of hydrogen-bond acceptors (Lipinski definition) is 5. The van der Waals surface area contributed by atoms with Crippen LogP contribution >= 0.6 is 0 Å². The number of alkyl halides is 3. The molecule has 3 aromatic rings. The van der Waals surface area contributed by atoms with Gasteiger partial charge in [0, 0.05) is 6.07 Å². The number of ether oxygens (including phenoxy) is 2. The Labute approximate surface area is 160 Å². The van der Waals surface area contributed by atoms with Crippen molar-refractivity contribution in [1.82, 2.24) is 15.0 Å². The molecule has 2 aromatic carbocycles. The molecule has 152 valence electrons. The summed E-state index contributed by atoms with van der Waals surface area (Å²) in [4.78, 5) is 12.4. The van der Waals surface area contributed by atoms with Gasteiger partial charge in [0.25, 0.3) is 0 Å². The van der Waals surface area contributed by atoms with Crippen molar-refractivity contribution in [2.45, 2.75) is 19.4 Å². The zero-order valence-corrected chi connectivity index (χ0v) is 14.7. The normalized spacial score (nSPS) is 12.5. The van der Waals surface area contributed by atoms with E-state index in [1.165, 1.54) is 25.3 Å². The SMILES string of the molecule is C[C@H](Oc1ccc(F)cc1F)C(=O)c1cn(-c2ccc(OC(F)(F)F)cc2)nn1. The van der Waals surface area contributed by atoms with E-state index in [0.717, 1.165) is 28.9 Å². The maximum atomic E-state index is 13.6. The van der Waals surface area contributed by atoms with Gasteiger partial charge < -0.3 is 9.47 Å². The lowest BCUT2D eigenvalue weighted by atomic mass is 10.2. The van der Waals surface area contributed by atoms with E-state index in [-0.39, 0.29) is 11.4 Å². The van der Waals surface area contributed by atoms with Crippen LogP contribution in [0.5, 0.6) is 11.5 Å². The van der Waals surface area contributed by atoms with Crippen molar-refractivity contribution >= 4 is 5.78 Å². The number of carbonyl (C=O) groups excluding carboxylic acids is 1. The van der Waals surface area contributed by atoms with Crippen LogP contribution in [-0.4, -0.2) is 33.2 Å². The van der Waals surface area contributed by atoms with E-state index in [9.17, 15) is 26.7 Å². The van der Waals surface area contributed by atoms with Crippen LogP contribution < -0.4 is 9.47 Å². The van der Waals surface area contributed by atoms with Crippen molar-refractivity contribution < 1.29 is 36.2 Å². The van der Waals surface area contributed by atoms with Gasteiger partial charge in [0.05, 0.1) is 11.9 Å². The topological polar surface area (TPSA) is 66.2 Å². The van der Waals surface area contributed by atoms with Crippen molar-refractivity contribution in [1.29, 1.82) is 0 Å². The monoisotopic (exact) mass is 413 g/mol. The van der Waals surface area contributed by atoms with Crippen molar-refractivity contribution in [3.05, 3.63) is 66.0 Å². The Bertz CT molecular complexity index is 1020. The van der Waals surface area contributed by atoms with E-state index in [1.807, 2.05) is 0 Å². The van der Waals surface area contributed by atoms with E-state index in [1.54, 1.807) is 0 Å². The number of benzene rings is 2. The molecule has 1 heterocycles. The largest absolute Gasteiger partial charge is 0.573 e. The lowest BCUT2D eigenvalue weighted by Crippen LogP contribution is -2.24. The molecule has 0 fully saturated rings. The Morgan fingerprint density at radius 3 is 2.41 bits per heavy atom. The summed E-state index contributed by atoms with van der Waals surface area (Å²) in [6, 6.07) is 7.39. The molecule has 0 N–H and O–H groups in total. The number of carbonyl (C=O) groups is 1. The molecule has 29 heavy (non-hydrogen) atoms. The Morgan fingerprint density at radius 1 is 1.10 bits per heavy atom. The highest BCUT2D eigenvalue weighted by molar-refractivity contribution is 5.97. The molecule has 1 aromatic heterocycles. The van der Waals surface area contributed by atoms with E-state index < -0.39 is 35.6 Å². The molecule has 0 spiro atoms. The van der Waals surface area contributed by atoms with Gasteiger partial charge in [0.15, 0.2) is 23.4 Å². The Hall–Kier alpha value is -3.50. The predicted octanol–water partition coefficient (Wildman–Crippen LogP) is 4.09. The number of rotatable bonds is 6. The standard InChI is InChI=1S/C18H12F5N3O3/c1-10(28-16-7-2-11(19)8-14(16)20)17(27)15-9-26(25-24-15)12-3-5-13(6-4-12)29-18(21,22)23/h2-10H,1H3/t10-/m0/s1. The summed E-state index contributed by atoms with van der Waals surface area (Å²) >= 11 is 0. The molecule has 0 saturated carbocycles. The highest BCUT2D eigenvalue weighted by Gasteiger charge is 2.31. The number of ketones is 1. The summed E-state index contributed by atoms with van der Waals surface area (Å²) in [5.74, 6) is -3.10. The van der Waals surface area contributed by atoms with Crippen LogP contribution in [0, 0.1) is 11.6 Å². The van der Waals surface area contributed by atoms with Crippen LogP contribution in [0.3, 0.4) is 0 Å². The molecule has 0 aliphatic rings. The highest BCUT2D eigenvalue weighted by Crippen LogP contribution is 2.24. The first-order chi connectivity index (χ1) is 13.6. The zero-order chi connectivity index (χ0) is 21.2. The van der Waals surface area contributed by atoms with Crippen molar-refractivity contribution in [2.24, 2.45) is 0 Å². The van der Waals surface area contributed by atoms with Gasteiger partial charge in [-0.25, -0.2) is 13.5 Å². The van der Waals surface area contributed by atoms with E-state index >= 15 is 0 Å². The number of hydrogen-bond donors (Lipinski definition) is 0. The maximum Gasteiger partial charge on any atom is 0.573 e. The van der Waals surface area contributed by atoms with Gasteiger partial charge >= 0.3 is 6.36 Å². The zero-order valence-electron chi connectivity index (χ0n) is 14.7. The van der Waals surface area contributed by atoms with Crippen LogP contribution in [0.1, 0.15) is 17.4 Å². The van der Waals surface area contributed by atoms with Gasteiger partial charge in [-0.2, -0.15) is 0 Å². The fraction of sp³-hybridized carbons (Fsp3) is 0.167. The first-order valence-electron chi connectivity index (χ1n) is 8.07. The summed E-state index contributed by atoms with van der Waals surface area (Å²) in [5.41, 5.74) is 0.208. The summed E-state index contributed by atoms with van der Waals surface area (Å²) < 4.78 is 73.3. The molecule has 3 rings (SSSR count). The van der Waals surface area contributed by atoms with Crippen LogP contribution in [0.15, 0.2) is 48.7 Å². The van der Waals surface area contributed by atoms with Crippen molar-refractivity contribution in [3.8, 4) is 17.2 Å². The summed E-state index contributed by atoms with van der Waals surface area (Å²) in [6.45, 7) is 1.35. The van der Waals surface area contributed by atoms with Gasteiger partial charge in [0.2, 0.25) is 5.78 Å². The molecule has 1 atom stereocenters. The second kappa shape index (κ2) is 7.86. The molecule has 0 bridgehead atoms. The van der Waals surface area contributed by atoms with Gasteiger partial charge in [-0.15, -0.1) is 18.3 Å². The summed E-state index contributed by atoms with van der Waals surface area (Å²) in [6.07, 6.45) is -4.72. The fourth-order valence-electron chi connectivity index (χ4n) is 2.33. The predicted molar refractivity (Wildman–Crippen MR) is 88.8 cm³/mol. The number of nitrogens with zero attached hydrogens (tertiary/aromatic N) is 3.